The van der Waals surface area contributed by atoms with Gasteiger partial charge in [-0.3, -0.25) is 0 Å². The predicted octanol–water partition coefficient (Wildman–Crippen LogP) is 13.7. The molecule has 282 valence electrons. The van der Waals surface area contributed by atoms with Gasteiger partial charge in [-0.2, -0.15) is 0 Å². The molecule has 9 aromatic carbocycles. The van der Waals surface area contributed by atoms with E-state index >= 15 is 0 Å². The molecule has 9 aromatic rings. The highest BCUT2D eigenvalue weighted by atomic mass is 14.0. The van der Waals surface area contributed by atoms with Gasteiger partial charge in [0.2, 0.25) is 0 Å². The third kappa shape index (κ3) is 10.3. The van der Waals surface area contributed by atoms with Crippen molar-refractivity contribution in [3.8, 4) is 47.4 Å². The van der Waals surface area contributed by atoms with Gasteiger partial charge >= 0.3 is 0 Å². The van der Waals surface area contributed by atoms with Crippen molar-refractivity contribution in [2.24, 2.45) is 0 Å². The summed E-state index contributed by atoms with van der Waals surface area (Å²) in [6.45, 7) is 8.40. The van der Waals surface area contributed by atoms with Crippen molar-refractivity contribution in [1.29, 1.82) is 0 Å². The molecule has 0 heterocycles. The third-order valence-corrected chi connectivity index (χ3v) is 10.2. The molecule has 0 spiro atoms. The minimum absolute atomic E-state index is 0.987. The summed E-state index contributed by atoms with van der Waals surface area (Å²) in [6, 6.07) is 63.1. The Hall–Kier alpha value is -8.00. The van der Waals surface area contributed by atoms with E-state index in [-0.39, 0.29) is 0 Å². The lowest BCUT2D eigenvalue weighted by molar-refractivity contribution is 1.46. The second-order valence-corrected chi connectivity index (χ2v) is 15.2. The quantitative estimate of drug-likeness (QED) is 0.135. The van der Waals surface area contributed by atoms with Crippen molar-refractivity contribution in [2.45, 2.75) is 27.7 Å². The van der Waals surface area contributed by atoms with Crippen LogP contribution in [0.15, 0.2) is 182 Å². The van der Waals surface area contributed by atoms with Crippen molar-refractivity contribution < 1.29 is 0 Å². The SMILES string of the molecule is Cc1ccc(C#Cc2ccc3cc(C#Cc4ccc(C)cc4)ccc3c2)cc1.Cc1ccc2cc(C#Cc3ccc(C#Cc4ccc5cc(C)ccc5c4)cc3)ccc2c1. The summed E-state index contributed by atoms with van der Waals surface area (Å²) >= 11 is 0. The van der Waals surface area contributed by atoms with Gasteiger partial charge in [-0.05, 0) is 157 Å². The van der Waals surface area contributed by atoms with Gasteiger partial charge < -0.3 is 0 Å². The van der Waals surface area contributed by atoms with Crippen molar-refractivity contribution in [1.82, 2.24) is 0 Å². The number of fused-ring (bicyclic) bond motifs is 3. The fourth-order valence-electron chi connectivity index (χ4n) is 6.78. The number of rotatable bonds is 0. The van der Waals surface area contributed by atoms with Crippen LogP contribution in [-0.2, 0) is 0 Å². The Morgan fingerprint density at radius 1 is 0.183 bits per heavy atom. The zero-order chi connectivity index (χ0) is 41.3. The average molecular weight is 763 g/mol. The molecule has 0 fully saturated rings. The first-order valence-corrected chi connectivity index (χ1v) is 20.1. The fourth-order valence-corrected chi connectivity index (χ4v) is 6.78. The van der Waals surface area contributed by atoms with E-state index in [9.17, 15) is 0 Å². The largest absolute Gasteiger partial charge is 0.0617 e. The molecular formula is C60H42. The maximum absolute atomic E-state index is 3.28. The predicted molar refractivity (Wildman–Crippen MR) is 254 cm³/mol. The second kappa shape index (κ2) is 18.1. The molecule has 0 atom stereocenters. The molecule has 0 bridgehead atoms. The fraction of sp³-hybridized carbons (Fsp3) is 0.0667. The number of benzene rings is 9. The minimum Gasteiger partial charge on any atom is -0.0617 e. The van der Waals surface area contributed by atoms with Gasteiger partial charge in [0.05, 0.1) is 0 Å². The molecule has 0 nitrogen and oxygen atoms in total. The van der Waals surface area contributed by atoms with E-state index in [2.05, 4.69) is 233 Å². The Morgan fingerprint density at radius 2 is 0.367 bits per heavy atom. The van der Waals surface area contributed by atoms with Crippen LogP contribution in [0.1, 0.15) is 66.8 Å². The molecule has 0 saturated carbocycles. The Labute approximate surface area is 354 Å². The Balaban J connectivity index is 0.000000168. The molecule has 0 aliphatic rings. The van der Waals surface area contributed by atoms with E-state index in [0.717, 1.165) is 44.5 Å². The summed E-state index contributed by atoms with van der Waals surface area (Å²) in [7, 11) is 0. The summed E-state index contributed by atoms with van der Waals surface area (Å²) in [4.78, 5) is 0. The van der Waals surface area contributed by atoms with Crippen molar-refractivity contribution in [2.75, 3.05) is 0 Å². The van der Waals surface area contributed by atoms with Crippen molar-refractivity contribution >= 4 is 32.3 Å². The van der Waals surface area contributed by atoms with Gasteiger partial charge in [-0.25, -0.2) is 0 Å². The van der Waals surface area contributed by atoms with Crippen LogP contribution in [0.3, 0.4) is 0 Å². The maximum atomic E-state index is 3.28. The van der Waals surface area contributed by atoms with Crippen LogP contribution in [0.2, 0.25) is 0 Å². The lowest BCUT2D eigenvalue weighted by Gasteiger charge is -2.00. The van der Waals surface area contributed by atoms with Gasteiger partial charge in [0.25, 0.3) is 0 Å². The summed E-state index contributed by atoms with van der Waals surface area (Å²) in [5, 5.41) is 7.29. The van der Waals surface area contributed by atoms with Crippen molar-refractivity contribution in [3.05, 3.63) is 249 Å². The lowest BCUT2D eigenvalue weighted by atomic mass is 10.0. The summed E-state index contributed by atoms with van der Waals surface area (Å²) in [5.74, 6) is 26.1. The van der Waals surface area contributed by atoms with Crippen molar-refractivity contribution in [3.63, 3.8) is 0 Å². The van der Waals surface area contributed by atoms with Gasteiger partial charge in [0.1, 0.15) is 0 Å². The minimum atomic E-state index is 0.987. The highest BCUT2D eigenvalue weighted by Gasteiger charge is 1.99. The van der Waals surface area contributed by atoms with E-state index in [0.29, 0.717) is 0 Å². The Kier molecular flexibility index (Phi) is 11.7. The summed E-state index contributed by atoms with van der Waals surface area (Å²) < 4.78 is 0. The molecule has 9 rings (SSSR count). The first-order chi connectivity index (χ1) is 29.3. The van der Waals surface area contributed by atoms with Crippen LogP contribution in [-0.4, -0.2) is 0 Å². The average Bonchev–Trinajstić information content (AvgIpc) is 3.27. The topological polar surface area (TPSA) is 0 Å². The third-order valence-electron chi connectivity index (χ3n) is 10.2. The highest BCUT2D eigenvalue weighted by molar-refractivity contribution is 5.86. The normalized spacial score (nSPS) is 10.1. The molecule has 0 saturated heterocycles. The van der Waals surface area contributed by atoms with E-state index in [1.807, 2.05) is 24.3 Å². The monoisotopic (exact) mass is 762 g/mol. The zero-order valence-corrected chi connectivity index (χ0v) is 34.3. The van der Waals surface area contributed by atoms with Gasteiger partial charge in [-0.15, -0.1) is 0 Å². The van der Waals surface area contributed by atoms with E-state index in [1.54, 1.807) is 0 Å². The van der Waals surface area contributed by atoms with Crippen LogP contribution < -0.4 is 0 Å². The van der Waals surface area contributed by atoms with Gasteiger partial charge in [-0.1, -0.05) is 155 Å². The first-order valence-electron chi connectivity index (χ1n) is 20.1. The van der Waals surface area contributed by atoms with Crippen LogP contribution in [0.4, 0.5) is 0 Å². The number of aryl methyl sites for hydroxylation is 4. The Morgan fingerprint density at radius 3 is 0.650 bits per heavy atom. The second-order valence-electron chi connectivity index (χ2n) is 15.2. The molecule has 0 amide bonds. The van der Waals surface area contributed by atoms with Gasteiger partial charge in [0, 0.05) is 44.5 Å². The van der Waals surface area contributed by atoms with Crippen LogP contribution in [0.5, 0.6) is 0 Å². The molecule has 0 radical (unpaired) electrons. The molecule has 0 aliphatic heterocycles. The standard InChI is InChI=1S/C32H22.C28H20/c1-23-3-15-31-21-27(13-17-29(31)19-23)11-9-25-5-7-26(8-6-25)10-12-28-14-18-30-20-24(2)4-16-32(30)22-28;1-21-3-7-23(8-4-21)11-13-25-15-17-28-20-26(16-18-27(28)19-25)14-12-24-9-5-22(2)6-10-24/h3-8,13-22H,1-2H3;3-10,15-20H,1-2H3. The number of hydrogen-bond acceptors (Lipinski definition) is 0. The van der Waals surface area contributed by atoms with Gasteiger partial charge in [0.15, 0.2) is 0 Å². The van der Waals surface area contributed by atoms with E-state index in [1.165, 1.54) is 54.6 Å². The van der Waals surface area contributed by atoms with E-state index < -0.39 is 0 Å². The molecule has 0 heteroatoms. The molecule has 0 N–H and O–H groups in total. The van der Waals surface area contributed by atoms with Crippen LogP contribution in [0.25, 0.3) is 32.3 Å². The van der Waals surface area contributed by atoms with Crippen LogP contribution >= 0.6 is 0 Å². The Bertz CT molecular complexity index is 3050. The highest BCUT2D eigenvalue weighted by Crippen LogP contribution is 2.20. The summed E-state index contributed by atoms with van der Waals surface area (Å²) in [5.41, 5.74) is 13.2. The maximum Gasteiger partial charge on any atom is 0.0255 e. The lowest BCUT2D eigenvalue weighted by Crippen LogP contribution is -1.81. The summed E-state index contributed by atoms with van der Waals surface area (Å²) in [6.07, 6.45) is 0. The smallest absolute Gasteiger partial charge is 0.0255 e. The molecule has 0 aromatic heterocycles. The number of hydrogen-bond donors (Lipinski definition) is 0. The van der Waals surface area contributed by atoms with E-state index in [4.69, 9.17) is 0 Å². The first kappa shape index (κ1) is 38.9. The molecule has 0 unspecified atom stereocenters. The van der Waals surface area contributed by atoms with Crippen LogP contribution in [0, 0.1) is 75.1 Å². The molecule has 60 heavy (non-hydrogen) atoms. The molecule has 0 aliphatic carbocycles. The molecular weight excluding hydrogens is 721 g/mol. The zero-order valence-electron chi connectivity index (χ0n) is 34.3.